The van der Waals surface area contributed by atoms with Crippen molar-refractivity contribution in [1.29, 1.82) is 0 Å². The quantitative estimate of drug-likeness (QED) is 0.380. The van der Waals surface area contributed by atoms with Crippen molar-refractivity contribution in [2.24, 2.45) is 0 Å². The van der Waals surface area contributed by atoms with Crippen molar-refractivity contribution in [3.63, 3.8) is 0 Å². The molecule has 2 saturated heterocycles. The second-order valence-corrected chi connectivity index (χ2v) is 6.02. The number of rotatable bonds is 0. The summed E-state index contributed by atoms with van der Waals surface area (Å²) in [7, 11) is 0. The molecule has 0 N–H and O–H groups in total. The molecule has 0 aromatic heterocycles. The van der Waals surface area contributed by atoms with Crippen LogP contribution in [0.5, 0.6) is 0 Å². The van der Waals surface area contributed by atoms with E-state index in [2.05, 4.69) is 6.08 Å². The lowest BCUT2D eigenvalue weighted by Gasteiger charge is -2.19. The van der Waals surface area contributed by atoms with Crippen LogP contribution in [0.25, 0.3) is 0 Å². The first kappa shape index (κ1) is 12.1. The Hall–Kier alpha value is -1.62. The van der Waals surface area contributed by atoms with E-state index in [4.69, 9.17) is 14.2 Å². The zero-order valence-electron chi connectivity index (χ0n) is 11.5. The maximum atomic E-state index is 12.1. The van der Waals surface area contributed by atoms with Crippen molar-refractivity contribution in [3.8, 4) is 0 Å². The van der Waals surface area contributed by atoms with Gasteiger partial charge in [-0.3, -0.25) is 0 Å². The van der Waals surface area contributed by atoms with E-state index in [1.165, 1.54) is 0 Å². The number of hydrogen-bond donors (Lipinski definition) is 0. The van der Waals surface area contributed by atoms with Crippen LogP contribution in [-0.2, 0) is 23.8 Å². The largest absolute Gasteiger partial charge is 0.454 e. The molecule has 4 atom stereocenters. The monoisotopic (exact) mass is 276 g/mol. The lowest BCUT2D eigenvalue weighted by molar-refractivity contribution is -0.152. The molecule has 5 heteroatoms. The normalized spacial score (nSPS) is 45.1. The molecule has 0 aromatic rings. The van der Waals surface area contributed by atoms with Gasteiger partial charge in [-0.1, -0.05) is 11.6 Å². The Morgan fingerprint density at radius 3 is 2.80 bits per heavy atom. The molecule has 2 fully saturated rings. The molecule has 3 heterocycles. The van der Waals surface area contributed by atoms with Gasteiger partial charge >= 0.3 is 11.9 Å². The summed E-state index contributed by atoms with van der Waals surface area (Å²) in [4.78, 5) is 23.9. The Morgan fingerprint density at radius 2 is 2.05 bits per heavy atom. The Labute approximate surface area is 116 Å². The Kier molecular flexibility index (Phi) is 2.26. The third kappa shape index (κ3) is 1.41. The fourth-order valence-electron chi connectivity index (χ4n) is 3.57. The van der Waals surface area contributed by atoms with E-state index in [9.17, 15) is 9.59 Å². The number of carbonyl (C=O) groups excluding carboxylic acids is 2. The highest BCUT2D eigenvalue weighted by atomic mass is 16.7. The molecule has 20 heavy (non-hydrogen) atoms. The van der Waals surface area contributed by atoms with Gasteiger partial charge in [0.25, 0.3) is 0 Å². The number of epoxide rings is 1. The van der Waals surface area contributed by atoms with Gasteiger partial charge in [0.1, 0.15) is 12.2 Å². The minimum atomic E-state index is -0.776. The van der Waals surface area contributed by atoms with E-state index in [1.54, 1.807) is 6.92 Å². The number of fused-ring (bicyclic) bond motifs is 2. The fraction of sp³-hybridized carbons (Fsp3) is 0.600. The van der Waals surface area contributed by atoms with Crippen LogP contribution in [0.3, 0.4) is 0 Å². The molecule has 2 bridgehead atoms. The van der Waals surface area contributed by atoms with E-state index >= 15 is 0 Å². The summed E-state index contributed by atoms with van der Waals surface area (Å²) < 4.78 is 16.6. The highest BCUT2D eigenvalue weighted by molar-refractivity contribution is 5.93. The minimum absolute atomic E-state index is 0.247. The van der Waals surface area contributed by atoms with Gasteiger partial charge in [0.2, 0.25) is 0 Å². The van der Waals surface area contributed by atoms with Crippen LogP contribution in [0.2, 0.25) is 0 Å². The summed E-state index contributed by atoms with van der Waals surface area (Å²) >= 11 is 0. The molecule has 0 amide bonds. The Morgan fingerprint density at radius 1 is 1.25 bits per heavy atom. The summed E-state index contributed by atoms with van der Waals surface area (Å²) in [6.07, 6.45) is 3.16. The van der Waals surface area contributed by atoms with Crippen molar-refractivity contribution in [1.82, 2.24) is 0 Å². The highest BCUT2D eigenvalue weighted by Crippen LogP contribution is 2.54. The summed E-state index contributed by atoms with van der Waals surface area (Å²) in [5, 5.41) is 0. The summed E-state index contributed by atoms with van der Waals surface area (Å²) in [5.41, 5.74) is 1.75. The van der Waals surface area contributed by atoms with E-state index in [-0.39, 0.29) is 24.1 Å². The predicted molar refractivity (Wildman–Crippen MR) is 67.7 cm³/mol. The van der Waals surface area contributed by atoms with Gasteiger partial charge in [-0.15, -0.1) is 0 Å². The van der Waals surface area contributed by atoms with Crippen LogP contribution in [0.1, 0.15) is 33.1 Å². The zero-order valence-corrected chi connectivity index (χ0v) is 11.5. The van der Waals surface area contributed by atoms with E-state index in [0.717, 1.165) is 17.6 Å². The molecule has 0 radical (unpaired) electrons. The van der Waals surface area contributed by atoms with Crippen LogP contribution >= 0.6 is 0 Å². The van der Waals surface area contributed by atoms with Crippen molar-refractivity contribution in [2.75, 3.05) is 0 Å². The van der Waals surface area contributed by atoms with Crippen molar-refractivity contribution >= 4 is 11.9 Å². The third-order valence-corrected chi connectivity index (χ3v) is 4.75. The molecule has 5 nitrogen and oxygen atoms in total. The van der Waals surface area contributed by atoms with E-state index in [0.29, 0.717) is 18.4 Å². The highest BCUT2D eigenvalue weighted by Gasteiger charge is 2.73. The minimum Gasteiger partial charge on any atom is -0.454 e. The predicted octanol–water partition coefficient (Wildman–Crippen LogP) is 1.42. The average molecular weight is 276 g/mol. The molecule has 4 aliphatic rings. The van der Waals surface area contributed by atoms with Gasteiger partial charge in [0.05, 0.1) is 0 Å². The first-order valence-corrected chi connectivity index (χ1v) is 6.99. The maximum absolute atomic E-state index is 12.1. The summed E-state index contributed by atoms with van der Waals surface area (Å²) in [5.74, 6) is -0.606. The zero-order chi connectivity index (χ0) is 14.1. The number of ether oxygens (including phenoxy) is 3. The van der Waals surface area contributed by atoms with Crippen LogP contribution in [0.15, 0.2) is 22.8 Å². The maximum Gasteiger partial charge on any atom is 0.342 e. The molecule has 3 aliphatic heterocycles. The van der Waals surface area contributed by atoms with Gasteiger partial charge in [0.15, 0.2) is 11.7 Å². The van der Waals surface area contributed by atoms with Gasteiger partial charge in [-0.25, -0.2) is 9.59 Å². The molecule has 0 aromatic carbocycles. The fourth-order valence-corrected chi connectivity index (χ4v) is 3.57. The number of allylic oxidation sites excluding steroid dienone is 1. The number of esters is 2. The molecular formula is C15H16O5. The molecule has 106 valence electrons. The average Bonchev–Trinajstić information content (AvgIpc) is 2.98. The van der Waals surface area contributed by atoms with Crippen LogP contribution in [-0.4, -0.2) is 35.9 Å². The molecular weight excluding hydrogens is 260 g/mol. The van der Waals surface area contributed by atoms with Gasteiger partial charge < -0.3 is 14.2 Å². The topological polar surface area (TPSA) is 65.1 Å². The SMILES string of the molecule is CC1=C2C(C/C(C)=C\CCC34OC3C2OC4=O)OC1=O. The number of carbonyl (C=O) groups is 2. The lowest BCUT2D eigenvalue weighted by Crippen LogP contribution is -2.26. The lowest BCUT2D eigenvalue weighted by atomic mass is 9.88. The molecule has 4 unspecified atom stereocenters. The summed E-state index contributed by atoms with van der Waals surface area (Å²) in [6.45, 7) is 3.76. The molecule has 0 saturated carbocycles. The van der Waals surface area contributed by atoms with Gasteiger partial charge in [0, 0.05) is 17.6 Å². The molecule has 4 rings (SSSR count). The van der Waals surface area contributed by atoms with Crippen molar-refractivity contribution in [3.05, 3.63) is 22.8 Å². The second kappa shape index (κ2) is 3.73. The second-order valence-electron chi connectivity index (χ2n) is 6.02. The standard InChI is InChI=1S/C15H16O5/c1-7-4-3-5-15-12(20-15)11(19-14(15)17)10-8(2)13(16)18-9(10)6-7/h4,9,11-12H,3,5-6H2,1-2H3/b7-4-. The molecule has 0 spiro atoms. The number of hydrogen-bond acceptors (Lipinski definition) is 5. The van der Waals surface area contributed by atoms with E-state index < -0.39 is 11.7 Å². The van der Waals surface area contributed by atoms with Crippen molar-refractivity contribution in [2.45, 2.75) is 57.0 Å². The Bertz CT molecular complexity index is 587. The van der Waals surface area contributed by atoms with Gasteiger partial charge in [-0.05, 0) is 26.7 Å². The van der Waals surface area contributed by atoms with Crippen LogP contribution in [0.4, 0.5) is 0 Å². The smallest absolute Gasteiger partial charge is 0.342 e. The van der Waals surface area contributed by atoms with Gasteiger partial charge in [-0.2, -0.15) is 0 Å². The van der Waals surface area contributed by atoms with E-state index in [1.807, 2.05) is 6.92 Å². The first-order valence-electron chi connectivity index (χ1n) is 6.99. The summed E-state index contributed by atoms with van der Waals surface area (Å²) in [6, 6.07) is 0. The first-order chi connectivity index (χ1) is 9.53. The van der Waals surface area contributed by atoms with Crippen LogP contribution < -0.4 is 0 Å². The van der Waals surface area contributed by atoms with Crippen molar-refractivity contribution < 1.29 is 23.8 Å². The Balaban J connectivity index is 1.80. The van der Waals surface area contributed by atoms with Crippen LogP contribution in [0, 0.1) is 0 Å². The molecule has 1 aliphatic carbocycles. The third-order valence-electron chi connectivity index (χ3n) is 4.75.